The van der Waals surface area contributed by atoms with Crippen LogP contribution in [0.4, 0.5) is 5.82 Å². The molecule has 6 heteroatoms. The van der Waals surface area contributed by atoms with Crippen LogP contribution in [0.5, 0.6) is 0 Å². The molecule has 2 rings (SSSR count). The Morgan fingerprint density at radius 3 is 2.71 bits per heavy atom. The van der Waals surface area contributed by atoms with Crippen LogP contribution in [0.3, 0.4) is 0 Å². The summed E-state index contributed by atoms with van der Waals surface area (Å²) < 4.78 is 1.65. The van der Waals surface area contributed by atoms with Crippen LogP contribution in [0.15, 0.2) is 12.3 Å². The minimum absolute atomic E-state index is 0.0667. The molecule has 6 nitrogen and oxygen atoms in total. The van der Waals surface area contributed by atoms with E-state index < -0.39 is 4.92 Å². The van der Waals surface area contributed by atoms with Crippen LogP contribution in [0.1, 0.15) is 25.7 Å². The van der Waals surface area contributed by atoms with Crippen molar-refractivity contribution in [1.82, 2.24) is 14.7 Å². The Balaban J connectivity index is 1.71. The van der Waals surface area contributed by atoms with Gasteiger partial charge in [-0.05, 0) is 43.8 Å². The molecule has 0 N–H and O–H groups in total. The van der Waals surface area contributed by atoms with Gasteiger partial charge in [0.25, 0.3) is 0 Å². The number of piperidine rings is 1. The number of nitrogens with zero attached hydrogens (tertiary/aromatic N) is 4. The molecular weight excluding hydrogens is 220 g/mol. The second kappa shape index (κ2) is 5.77. The van der Waals surface area contributed by atoms with Gasteiger partial charge >= 0.3 is 5.82 Å². The molecule has 94 valence electrons. The number of aromatic nitrogens is 2. The normalized spacial score (nSPS) is 17.2. The van der Waals surface area contributed by atoms with Gasteiger partial charge in [0.15, 0.2) is 0 Å². The monoisotopic (exact) mass is 238 g/mol. The maximum absolute atomic E-state index is 10.5. The number of hydrogen-bond acceptors (Lipinski definition) is 4. The number of aryl methyl sites for hydroxylation is 1. The van der Waals surface area contributed by atoms with E-state index in [2.05, 4.69) is 10.00 Å². The average molecular weight is 238 g/mol. The molecule has 0 bridgehead atoms. The molecule has 2 heterocycles. The summed E-state index contributed by atoms with van der Waals surface area (Å²) in [4.78, 5) is 12.5. The van der Waals surface area contributed by atoms with E-state index in [1.165, 1.54) is 38.4 Å². The zero-order valence-corrected chi connectivity index (χ0v) is 9.92. The molecule has 0 atom stereocenters. The molecular formula is C11H18N4O2. The lowest BCUT2D eigenvalue weighted by molar-refractivity contribution is -0.389. The van der Waals surface area contributed by atoms with Gasteiger partial charge in [0, 0.05) is 0 Å². The van der Waals surface area contributed by atoms with Crippen molar-refractivity contribution in [2.75, 3.05) is 19.6 Å². The van der Waals surface area contributed by atoms with Gasteiger partial charge < -0.3 is 15.0 Å². The first-order chi connectivity index (χ1) is 8.25. The molecule has 1 saturated heterocycles. The van der Waals surface area contributed by atoms with Crippen LogP contribution < -0.4 is 0 Å². The smallest absolute Gasteiger partial charge is 0.358 e. The highest BCUT2D eigenvalue weighted by atomic mass is 16.6. The van der Waals surface area contributed by atoms with E-state index in [0.29, 0.717) is 0 Å². The zero-order valence-electron chi connectivity index (χ0n) is 9.92. The summed E-state index contributed by atoms with van der Waals surface area (Å²) in [5.74, 6) is -0.0667. The molecule has 0 radical (unpaired) electrons. The van der Waals surface area contributed by atoms with Gasteiger partial charge in [0.1, 0.15) is 0 Å². The predicted octanol–water partition coefficient (Wildman–Crippen LogP) is 1.67. The summed E-state index contributed by atoms with van der Waals surface area (Å²) >= 11 is 0. The van der Waals surface area contributed by atoms with Gasteiger partial charge in [-0.2, -0.15) is 4.68 Å². The number of rotatable bonds is 5. The van der Waals surface area contributed by atoms with Crippen LogP contribution in [0.2, 0.25) is 0 Å². The van der Waals surface area contributed by atoms with Gasteiger partial charge in [-0.15, -0.1) is 0 Å². The molecule has 0 aromatic carbocycles. The molecule has 0 aliphatic carbocycles. The highest BCUT2D eigenvalue weighted by Crippen LogP contribution is 2.10. The van der Waals surface area contributed by atoms with Gasteiger partial charge in [-0.1, -0.05) is 6.42 Å². The molecule has 1 aromatic rings. The lowest BCUT2D eigenvalue weighted by Crippen LogP contribution is -2.31. The highest BCUT2D eigenvalue weighted by molar-refractivity contribution is 5.13. The molecule has 0 amide bonds. The van der Waals surface area contributed by atoms with Crippen molar-refractivity contribution in [2.24, 2.45) is 0 Å². The standard InChI is InChI=1S/C11H18N4O2/c16-15(17)11-5-10-14(12-11)9-4-8-13-6-2-1-3-7-13/h5,10H,1-4,6-9H2. The third-order valence-corrected chi connectivity index (χ3v) is 3.12. The number of likely N-dealkylation sites (tertiary alicyclic amines) is 1. The molecule has 1 aromatic heterocycles. The molecule has 17 heavy (non-hydrogen) atoms. The number of nitro groups is 1. The van der Waals surface area contributed by atoms with E-state index in [9.17, 15) is 10.1 Å². The van der Waals surface area contributed by atoms with Crippen LogP contribution in [0.25, 0.3) is 0 Å². The second-order valence-corrected chi connectivity index (χ2v) is 4.45. The van der Waals surface area contributed by atoms with Crippen molar-refractivity contribution in [3.8, 4) is 0 Å². The molecule has 0 spiro atoms. The predicted molar refractivity (Wildman–Crippen MR) is 63.8 cm³/mol. The topological polar surface area (TPSA) is 64.2 Å². The Morgan fingerprint density at radius 2 is 2.06 bits per heavy atom. The Bertz CT molecular complexity index is 371. The maximum Gasteiger partial charge on any atom is 0.389 e. The molecule has 1 aliphatic heterocycles. The van der Waals surface area contributed by atoms with E-state index in [1.807, 2.05) is 0 Å². The first-order valence-corrected chi connectivity index (χ1v) is 6.16. The highest BCUT2D eigenvalue weighted by Gasteiger charge is 2.12. The van der Waals surface area contributed by atoms with Crippen LogP contribution >= 0.6 is 0 Å². The van der Waals surface area contributed by atoms with Crippen LogP contribution in [-0.4, -0.2) is 39.2 Å². The maximum atomic E-state index is 10.5. The third kappa shape index (κ3) is 3.52. The Labute approximate surface area is 100 Å². The molecule has 1 aliphatic rings. The largest absolute Gasteiger partial charge is 0.389 e. The summed E-state index contributed by atoms with van der Waals surface area (Å²) in [5, 5.41) is 14.3. The fourth-order valence-electron chi connectivity index (χ4n) is 2.21. The van der Waals surface area contributed by atoms with Gasteiger partial charge in [0.05, 0.1) is 23.9 Å². The van der Waals surface area contributed by atoms with E-state index in [-0.39, 0.29) is 5.82 Å². The van der Waals surface area contributed by atoms with Gasteiger partial charge in [0.2, 0.25) is 0 Å². The Morgan fingerprint density at radius 1 is 1.29 bits per heavy atom. The fraction of sp³-hybridized carbons (Fsp3) is 0.727. The summed E-state index contributed by atoms with van der Waals surface area (Å²) in [6.45, 7) is 4.20. The van der Waals surface area contributed by atoms with E-state index in [4.69, 9.17) is 0 Å². The van der Waals surface area contributed by atoms with E-state index >= 15 is 0 Å². The zero-order chi connectivity index (χ0) is 12.1. The summed E-state index contributed by atoms with van der Waals surface area (Å²) in [6, 6.07) is 1.45. The van der Waals surface area contributed by atoms with Crippen molar-refractivity contribution in [3.63, 3.8) is 0 Å². The summed E-state index contributed by atoms with van der Waals surface area (Å²) in [7, 11) is 0. The van der Waals surface area contributed by atoms with E-state index in [0.717, 1.165) is 19.5 Å². The van der Waals surface area contributed by atoms with Gasteiger partial charge in [-0.3, -0.25) is 0 Å². The van der Waals surface area contributed by atoms with Crippen molar-refractivity contribution >= 4 is 5.82 Å². The minimum atomic E-state index is -0.457. The molecule has 0 saturated carbocycles. The van der Waals surface area contributed by atoms with Crippen LogP contribution in [-0.2, 0) is 6.54 Å². The van der Waals surface area contributed by atoms with Crippen molar-refractivity contribution in [1.29, 1.82) is 0 Å². The summed E-state index contributed by atoms with van der Waals surface area (Å²) in [6.07, 6.45) is 6.62. The van der Waals surface area contributed by atoms with Crippen LogP contribution in [0, 0.1) is 10.1 Å². The SMILES string of the molecule is O=[N+]([O-])c1ccn(CCCN2CCCCC2)n1. The van der Waals surface area contributed by atoms with Crippen molar-refractivity contribution in [3.05, 3.63) is 22.4 Å². The Kier molecular flexibility index (Phi) is 4.08. The van der Waals surface area contributed by atoms with Crippen molar-refractivity contribution < 1.29 is 4.92 Å². The minimum Gasteiger partial charge on any atom is -0.358 e. The Hall–Kier alpha value is -1.43. The third-order valence-electron chi connectivity index (χ3n) is 3.12. The van der Waals surface area contributed by atoms with Gasteiger partial charge in [-0.25, -0.2) is 0 Å². The first kappa shape index (κ1) is 12.0. The average Bonchev–Trinajstić information content (AvgIpc) is 2.79. The van der Waals surface area contributed by atoms with E-state index in [1.54, 1.807) is 10.9 Å². The second-order valence-electron chi connectivity index (χ2n) is 4.45. The molecule has 1 fully saturated rings. The number of hydrogen-bond donors (Lipinski definition) is 0. The lowest BCUT2D eigenvalue weighted by Gasteiger charge is -2.25. The fourth-order valence-corrected chi connectivity index (χ4v) is 2.21. The first-order valence-electron chi connectivity index (χ1n) is 6.16. The molecule has 0 unspecified atom stereocenters. The quantitative estimate of drug-likeness (QED) is 0.578. The summed E-state index contributed by atoms with van der Waals surface area (Å²) in [5.41, 5.74) is 0. The lowest BCUT2D eigenvalue weighted by atomic mass is 10.1. The van der Waals surface area contributed by atoms with Crippen molar-refractivity contribution in [2.45, 2.75) is 32.2 Å².